The van der Waals surface area contributed by atoms with E-state index in [-0.39, 0.29) is 37.1 Å². The summed E-state index contributed by atoms with van der Waals surface area (Å²) in [5.74, 6) is -0.447. The van der Waals surface area contributed by atoms with Crippen molar-refractivity contribution in [2.75, 3.05) is 40.5 Å². The number of hydrogen-bond donors (Lipinski definition) is 0. The fourth-order valence-electron chi connectivity index (χ4n) is 3.84. The van der Waals surface area contributed by atoms with E-state index in [9.17, 15) is 14.4 Å². The molecule has 0 aromatic heterocycles. The first-order valence-corrected chi connectivity index (χ1v) is 9.92. The molecule has 1 unspecified atom stereocenters. The molecule has 0 N–H and O–H groups in total. The van der Waals surface area contributed by atoms with E-state index in [4.69, 9.17) is 9.47 Å². The van der Waals surface area contributed by atoms with Gasteiger partial charge in [0.2, 0.25) is 17.7 Å². The molecule has 1 heterocycles. The molecule has 1 fully saturated rings. The highest BCUT2D eigenvalue weighted by Gasteiger charge is 2.55. The van der Waals surface area contributed by atoms with Crippen LogP contribution in [0.3, 0.4) is 0 Å². The average Bonchev–Trinajstić information content (AvgIpc) is 2.98. The lowest BCUT2D eigenvalue weighted by molar-refractivity contribution is -0.142. The van der Waals surface area contributed by atoms with Crippen LogP contribution >= 0.6 is 0 Å². The lowest BCUT2D eigenvalue weighted by atomic mass is 9.75. The zero-order valence-corrected chi connectivity index (χ0v) is 17.8. The summed E-state index contributed by atoms with van der Waals surface area (Å²) in [5, 5.41) is 0. The number of benzene rings is 1. The molecule has 1 aliphatic rings. The summed E-state index contributed by atoms with van der Waals surface area (Å²) in [6.45, 7) is 8.72. The molecule has 0 radical (unpaired) electrons. The highest BCUT2D eigenvalue weighted by molar-refractivity contribution is 6.11. The Bertz CT molecular complexity index is 797. The lowest BCUT2D eigenvalue weighted by Crippen LogP contribution is -2.44. The van der Waals surface area contributed by atoms with Gasteiger partial charge in [0.05, 0.1) is 12.5 Å². The Kier molecular flexibility index (Phi) is 8.35. The fourth-order valence-corrected chi connectivity index (χ4v) is 3.84. The van der Waals surface area contributed by atoms with Gasteiger partial charge in [-0.05, 0) is 12.5 Å². The van der Waals surface area contributed by atoms with Gasteiger partial charge in [0.25, 0.3) is 0 Å². The molecule has 1 aromatic carbocycles. The molecule has 1 atom stereocenters. The fraction of sp³-hybridized carbons (Fsp3) is 0.435. The maximum Gasteiger partial charge on any atom is 0.241 e. The molecule has 1 saturated heterocycles. The minimum absolute atomic E-state index is 0.0824. The average molecular weight is 415 g/mol. The first-order valence-electron chi connectivity index (χ1n) is 9.92. The van der Waals surface area contributed by atoms with Crippen LogP contribution in [0.2, 0.25) is 0 Å². The Morgan fingerprint density at radius 3 is 2.47 bits per heavy atom. The first-order chi connectivity index (χ1) is 14.4. The largest absolute Gasteiger partial charge is 0.496 e. The standard InChI is InChI=1S/C23H30N2O5/c1-5-12-24(13-6-2)20(26)16-23(18-10-7-8-11-19(18)30-4)17-21(27)25(22(23)28)14-9-15-29-3/h5-8,10-11H,1-2,9,12-17H2,3-4H3. The molecule has 0 bridgehead atoms. The van der Waals surface area contributed by atoms with Crippen molar-refractivity contribution in [3.8, 4) is 5.75 Å². The van der Waals surface area contributed by atoms with Crippen molar-refractivity contribution < 1.29 is 23.9 Å². The predicted octanol–water partition coefficient (Wildman–Crippen LogP) is 2.32. The van der Waals surface area contributed by atoms with Gasteiger partial charge in [0, 0.05) is 51.8 Å². The Morgan fingerprint density at radius 2 is 1.87 bits per heavy atom. The van der Waals surface area contributed by atoms with Crippen LogP contribution in [-0.2, 0) is 24.5 Å². The van der Waals surface area contributed by atoms with Gasteiger partial charge in [-0.1, -0.05) is 30.4 Å². The van der Waals surface area contributed by atoms with Gasteiger partial charge in [-0.2, -0.15) is 0 Å². The minimum Gasteiger partial charge on any atom is -0.496 e. The molecule has 0 aliphatic carbocycles. The monoisotopic (exact) mass is 414 g/mol. The second-order valence-electron chi connectivity index (χ2n) is 7.21. The van der Waals surface area contributed by atoms with Crippen LogP contribution in [0.1, 0.15) is 24.8 Å². The highest BCUT2D eigenvalue weighted by atomic mass is 16.5. The molecule has 162 valence electrons. The van der Waals surface area contributed by atoms with E-state index in [2.05, 4.69) is 13.2 Å². The summed E-state index contributed by atoms with van der Waals surface area (Å²) in [6.07, 6.45) is 3.55. The quantitative estimate of drug-likeness (QED) is 0.298. The second kappa shape index (κ2) is 10.7. The number of hydrogen-bond acceptors (Lipinski definition) is 5. The molecule has 30 heavy (non-hydrogen) atoms. The molecular formula is C23H30N2O5. The summed E-state index contributed by atoms with van der Waals surface area (Å²) < 4.78 is 10.5. The zero-order chi connectivity index (χ0) is 22.1. The molecule has 1 aromatic rings. The third kappa shape index (κ3) is 4.79. The van der Waals surface area contributed by atoms with E-state index in [0.717, 1.165) is 0 Å². The number of methoxy groups -OCH3 is 2. The normalized spacial score (nSPS) is 18.4. The Morgan fingerprint density at radius 1 is 1.20 bits per heavy atom. The van der Waals surface area contributed by atoms with Crippen LogP contribution in [0.4, 0.5) is 0 Å². The van der Waals surface area contributed by atoms with E-state index in [0.29, 0.717) is 37.4 Å². The Hall–Kier alpha value is -2.93. The topological polar surface area (TPSA) is 76.2 Å². The third-order valence-corrected chi connectivity index (χ3v) is 5.27. The highest BCUT2D eigenvalue weighted by Crippen LogP contribution is 2.44. The summed E-state index contributed by atoms with van der Waals surface area (Å²) >= 11 is 0. The van der Waals surface area contributed by atoms with Gasteiger partial charge in [-0.25, -0.2) is 0 Å². The third-order valence-electron chi connectivity index (χ3n) is 5.27. The van der Waals surface area contributed by atoms with Crippen LogP contribution < -0.4 is 4.74 Å². The van der Waals surface area contributed by atoms with Gasteiger partial charge >= 0.3 is 0 Å². The van der Waals surface area contributed by atoms with Gasteiger partial charge in [-0.15, -0.1) is 13.2 Å². The van der Waals surface area contributed by atoms with Crippen molar-refractivity contribution in [2.45, 2.75) is 24.7 Å². The smallest absolute Gasteiger partial charge is 0.241 e. The van der Waals surface area contributed by atoms with Crippen molar-refractivity contribution in [2.24, 2.45) is 0 Å². The number of likely N-dealkylation sites (tertiary alicyclic amines) is 1. The molecule has 7 nitrogen and oxygen atoms in total. The van der Waals surface area contributed by atoms with E-state index >= 15 is 0 Å². The van der Waals surface area contributed by atoms with Crippen LogP contribution in [0.25, 0.3) is 0 Å². The van der Waals surface area contributed by atoms with E-state index in [1.165, 1.54) is 12.0 Å². The van der Waals surface area contributed by atoms with E-state index < -0.39 is 5.41 Å². The molecular weight excluding hydrogens is 384 g/mol. The molecule has 1 aliphatic heterocycles. The maximum absolute atomic E-state index is 13.6. The lowest BCUT2D eigenvalue weighted by Gasteiger charge is -2.31. The van der Waals surface area contributed by atoms with Gasteiger partial charge in [0.1, 0.15) is 5.75 Å². The van der Waals surface area contributed by atoms with Crippen LogP contribution in [0.5, 0.6) is 5.75 Å². The van der Waals surface area contributed by atoms with Crippen molar-refractivity contribution in [3.63, 3.8) is 0 Å². The minimum atomic E-state index is -1.31. The predicted molar refractivity (Wildman–Crippen MR) is 114 cm³/mol. The van der Waals surface area contributed by atoms with Crippen molar-refractivity contribution in [3.05, 3.63) is 55.1 Å². The van der Waals surface area contributed by atoms with Gasteiger partial charge < -0.3 is 14.4 Å². The van der Waals surface area contributed by atoms with Crippen molar-refractivity contribution >= 4 is 17.7 Å². The van der Waals surface area contributed by atoms with Crippen molar-refractivity contribution in [1.82, 2.24) is 9.80 Å². The summed E-state index contributed by atoms with van der Waals surface area (Å²) in [4.78, 5) is 42.4. The number of carbonyl (C=O) groups is 3. The number of imide groups is 1. The van der Waals surface area contributed by atoms with E-state index in [1.54, 1.807) is 48.4 Å². The number of para-hydroxylation sites is 1. The molecule has 3 amide bonds. The Balaban J connectivity index is 2.48. The molecule has 0 spiro atoms. The zero-order valence-electron chi connectivity index (χ0n) is 17.8. The van der Waals surface area contributed by atoms with Crippen LogP contribution in [0.15, 0.2) is 49.6 Å². The molecule has 2 rings (SSSR count). The summed E-state index contributed by atoms with van der Waals surface area (Å²) in [5.41, 5.74) is -0.764. The number of amides is 3. The number of nitrogens with zero attached hydrogens (tertiary/aromatic N) is 2. The molecule has 0 saturated carbocycles. The van der Waals surface area contributed by atoms with Crippen LogP contribution in [-0.4, -0.2) is 68.0 Å². The molecule has 7 heteroatoms. The van der Waals surface area contributed by atoms with Crippen molar-refractivity contribution in [1.29, 1.82) is 0 Å². The maximum atomic E-state index is 13.6. The number of ether oxygens (including phenoxy) is 2. The van der Waals surface area contributed by atoms with Gasteiger partial charge in [0.15, 0.2) is 0 Å². The number of rotatable bonds is 12. The van der Waals surface area contributed by atoms with Gasteiger partial charge in [-0.3, -0.25) is 19.3 Å². The summed E-state index contributed by atoms with van der Waals surface area (Å²) in [7, 11) is 3.08. The van der Waals surface area contributed by atoms with Crippen LogP contribution in [0, 0.1) is 0 Å². The first kappa shape index (κ1) is 23.3. The second-order valence-corrected chi connectivity index (χ2v) is 7.21. The SMILES string of the molecule is C=CCN(CC=C)C(=O)CC1(c2ccccc2OC)CC(=O)N(CCCOC)C1=O. The Labute approximate surface area is 177 Å². The summed E-state index contributed by atoms with van der Waals surface area (Å²) in [6, 6.07) is 7.05. The number of carbonyl (C=O) groups excluding carboxylic acids is 3. The van der Waals surface area contributed by atoms with E-state index in [1.807, 2.05) is 0 Å².